The van der Waals surface area contributed by atoms with Crippen molar-refractivity contribution in [2.24, 2.45) is 0 Å². The molecule has 14 heavy (non-hydrogen) atoms. The van der Waals surface area contributed by atoms with Gasteiger partial charge in [0.2, 0.25) is 0 Å². The van der Waals surface area contributed by atoms with Crippen LogP contribution < -0.4 is 4.90 Å². The van der Waals surface area contributed by atoms with Gasteiger partial charge in [0.1, 0.15) is 0 Å². The van der Waals surface area contributed by atoms with E-state index in [0.29, 0.717) is 0 Å². The quantitative estimate of drug-likeness (QED) is 0.725. The molecule has 1 heterocycles. The molecule has 0 aliphatic carbocycles. The van der Waals surface area contributed by atoms with E-state index >= 15 is 0 Å². The monoisotopic (exact) mass is 205 g/mol. The van der Waals surface area contributed by atoms with Crippen LogP contribution in [0.1, 0.15) is 18.9 Å². The van der Waals surface area contributed by atoms with E-state index in [9.17, 15) is 0 Å². The van der Waals surface area contributed by atoms with Crippen molar-refractivity contribution in [3.05, 3.63) is 35.4 Å². The highest BCUT2D eigenvalue weighted by Crippen LogP contribution is 2.35. The van der Waals surface area contributed by atoms with Gasteiger partial charge in [-0.3, -0.25) is 0 Å². The van der Waals surface area contributed by atoms with Crippen molar-refractivity contribution in [1.29, 1.82) is 0 Å². The average molecular weight is 205 g/mol. The van der Waals surface area contributed by atoms with Crippen LogP contribution in [0.2, 0.25) is 0 Å². The van der Waals surface area contributed by atoms with Gasteiger partial charge < -0.3 is 4.90 Å². The lowest BCUT2D eigenvalue weighted by atomic mass is 10.1. The van der Waals surface area contributed by atoms with Crippen molar-refractivity contribution in [1.82, 2.24) is 0 Å². The van der Waals surface area contributed by atoms with E-state index in [2.05, 4.69) is 48.7 Å². The highest BCUT2D eigenvalue weighted by Gasteiger charge is 2.09. The number of thioether (sulfide) groups is 1. The molecule has 0 saturated heterocycles. The minimum atomic E-state index is 1.18. The molecule has 0 spiro atoms. The summed E-state index contributed by atoms with van der Waals surface area (Å²) in [6, 6.07) is 6.77. The van der Waals surface area contributed by atoms with E-state index in [1.54, 1.807) is 11.8 Å². The van der Waals surface area contributed by atoms with Crippen LogP contribution in [0.5, 0.6) is 0 Å². The molecule has 0 saturated carbocycles. The van der Waals surface area contributed by atoms with Gasteiger partial charge in [-0.05, 0) is 29.5 Å². The predicted octanol–water partition coefficient (Wildman–Crippen LogP) is 3.65. The average Bonchev–Trinajstić information content (AvgIpc) is 2.20. The summed E-state index contributed by atoms with van der Waals surface area (Å²) in [4.78, 5) is 3.54. The Bertz CT molecular complexity index is 357. The highest BCUT2D eigenvalue weighted by atomic mass is 32.2. The van der Waals surface area contributed by atoms with E-state index in [1.807, 2.05) is 0 Å². The topological polar surface area (TPSA) is 3.24 Å². The Labute approximate surface area is 89.8 Å². The summed E-state index contributed by atoms with van der Waals surface area (Å²) in [6.07, 6.45) is 4.50. The van der Waals surface area contributed by atoms with Crippen LogP contribution in [0.15, 0.2) is 34.7 Å². The molecule has 2 rings (SSSR count). The Kier molecular flexibility index (Phi) is 2.82. The van der Waals surface area contributed by atoms with Gasteiger partial charge in [-0.2, -0.15) is 0 Å². The molecule has 2 heteroatoms. The Morgan fingerprint density at radius 1 is 1.36 bits per heavy atom. The summed E-state index contributed by atoms with van der Waals surface area (Å²) in [6.45, 7) is 2.22. The zero-order valence-corrected chi connectivity index (χ0v) is 9.47. The molecular weight excluding hydrogens is 190 g/mol. The summed E-state index contributed by atoms with van der Waals surface area (Å²) < 4.78 is 0. The Morgan fingerprint density at radius 3 is 3.00 bits per heavy atom. The van der Waals surface area contributed by atoms with Gasteiger partial charge >= 0.3 is 0 Å². The predicted molar refractivity (Wildman–Crippen MR) is 63.8 cm³/mol. The summed E-state index contributed by atoms with van der Waals surface area (Å²) in [5.41, 5.74) is 2.78. The summed E-state index contributed by atoms with van der Waals surface area (Å²) in [5, 5.41) is 2.13. The van der Waals surface area contributed by atoms with Crippen molar-refractivity contribution in [3.8, 4) is 0 Å². The lowest BCUT2D eigenvalue weighted by Gasteiger charge is -2.22. The van der Waals surface area contributed by atoms with Gasteiger partial charge in [0.25, 0.3) is 0 Å². The van der Waals surface area contributed by atoms with Crippen LogP contribution in [0.3, 0.4) is 0 Å². The van der Waals surface area contributed by atoms with Gasteiger partial charge in [0.15, 0.2) is 0 Å². The number of hydrogen-bond acceptors (Lipinski definition) is 2. The Morgan fingerprint density at radius 2 is 2.21 bits per heavy atom. The van der Waals surface area contributed by atoms with E-state index < -0.39 is 0 Å². The van der Waals surface area contributed by atoms with Crippen LogP contribution in [0.4, 0.5) is 5.69 Å². The first-order valence-corrected chi connectivity index (χ1v) is 5.88. The minimum Gasteiger partial charge on any atom is -0.350 e. The van der Waals surface area contributed by atoms with Crippen LogP contribution in [0, 0.1) is 0 Å². The molecule has 0 fully saturated rings. The maximum absolute atomic E-state index is 2.30. The lowest BCUT2D eigenvalue weighted by Crippen LogP contribution is -2.11. The Hall–Kier alpha value is -0.890. The highest BCUT2D eigenvalue weighted by molar-refractivity contribution is 8.02. The summed E-state index contributed by atoms with van der Waals surface area (Å²) in [5.74, 6) is 0. The third-order valence-electron chi connectivity index (χ3n) is 2.42. The second-order valence-corrected chi connectivity index (χ2v) is 4.51. The fraction of sp³-hybridized carbons (Fsp3) is 0.333. The molecule has 0 unspecified atom stereocenters. The number of hydrogen-bond donors (Lipinski definition) is 0. The maximum atomic E-state index is 2.30. The lowest BCUT2D eigenvalue weighted by molar-refractivity contribution is 0.918. The number of aryl methyl sites for hydroxylation is 1. The summed E-state index contributed by atoms with van der Waals surface area (Å²) >= 11 is 1.80. The van der Waals surface area contributed by atoms with Gasteiger partial charge in [0, 0.05) is 18.1 Å². The third-order valence-corrected chi connectivity index (χ3v) is 3.28. The van der Waals surface area contributed by atoms with Gasteiger partial charge in [-0.15, -0.1) is 0 Å². The zero-order valence-electron chi connectivity index (χ0n) is 8.66. The molecule has 0 amide bonds. The molecular formula is C12H15NS. The van der Waals surface area contributed by atoms with E-state index in [-0.39, 0.29) is 0 Å². The van der Waals surface area contributed by atoms with Gasteiger partial charge in [0.05, 0.1) is 5.69 Å². The zero-order chi connectivity index (χ0) is 9.97. The fourth-order valence-electron chi connectivity index (χ4n) is 1.66. The van der Waals surface area contributed by atoms with Crippen molar-refractivity contribution >= 4 is 17.4 Å². The number of benzene rings is 1. The Balaban J connectivity index is 2.34. The molecule has 1 aliphatic rings. The second-order valence-electron chi connectivity index (χ2n) is 3.57. The van der Waals surface area contributed by atoms with Crippen molar-refractivity contribution in [3.63, 3.8) is 0 Å². The first-order chi connectivity index (χ1) is 6.81. The van der Waals surface area contributed by atoms with Crippen molar-refractivity contribution < 1.29 is 0 Å². The molecule has 0 radical (unpaired) electrons. The first-order valence-electron chi connectivity index (χ1n) is 5.00. The molecule has 0 atom stereocenters. The third kappa shape index (κ3) is 1.80. The SMILES string of the molecule is CCCc1ccc2c(c1)N(C)C=CS2. The van der Waals surface area contributed by atoms with Crippen molar-refractivity contribution in [2.45, 2.75) is 24.7 Å². The van der Waals surface area contributed by atoms with Gasteiger partial charge in [-0.25, -0.2) is 0 Å². The maximum Gasteiger partial charge on any atom is 0.0548 e. The minimum absolute atomic E-state index is 1.18. The van der Waals surface area contributed by atoms with Crippen LogP contribution in [-0.2, 0) is 6.42 Å². The van der Waals surface area contributed by atoms with E-state index in [1.165, 1.54) is 29.0 Å². The molecule has 1 aliphatic heterocycles. The van der Waals surface area contributed by atoms with Gasteiger partial charge in [-0.1, -0.05) is 31.2 Å². The molecule has 0 N–H and O–H groups in total. The van der Waals surface area contributed by atoms with Crippen LogP contribution in [-0.4, -0.2) is 7.05 Å². The van der Waals surface area contributed by atoms with Crippen LogP contribution in [0.25, 0.3) is 0 Å². The molecule has 0 aromatic heterocycles. The van der Waals surface area contributed by atoms with E-state index in [0.717, 1.165) is 0 Å². The second kappa shape index (κ2) is 4.09. The number of nitrogens with zero attached hydrogens (tertiary/aromatic N) is 1. The molecule has 0 bridgehead atoms. The van der Waals surface area contributed by atoms with Crippen LogP contribution >= 0.6 is 11.8 Å². The fourth-order valence-corrected chi connectivity index (χ4v) is 2.52. The standard InChI is InChI=1S/C12H15NS/c1-3-4-10-5-6-12-11(9-10)13(2)7-8-14-12/h5-9H,3-4H2,1-2H3. The molecule has 1 aromatic rings. The van der Waals surface area contributed by atoms with E-state index in [4.69, 9.17) is 0 Å². The number of fused-ring (bicyclic) bond motifs is 1. The number of anilines is 1. The largest absolute Gasteiger partial charge is 0.350 e. The first kappa shape index (κ1) is 9.66. The van der Waals surface area contributed by atoms with Crippen molar-refractivity contribution in [2.75, 3.05) is 11.9 Å². The normalized spacial score (nSPS) is 14.3. The summed E-state index contributed by atoms with van der Waals surface area (Å²) in [7, 11) is 2.10. The number of rotatable bonds is 2. The molecule has 74 valence electrons. The molecule has 1 aromatic carbocycles. The smallest absolute Gasteiger partial charge is 0.0548 e. The molecule has 1 nitrogen and oxygen atoms in total.